The summed E-state index contributed by atoms with van der Waals surface area (Å²) in [6.07, 6.45) is 7.69. The second kappa shape index (κ2) is 10.9. The van der Waals surface area contributed by atoms with Gasteiger partial charge in [-0.05, 0) is 48.4 Å². The highest BCUT2D eigenvalue weighted by Gasteiger charge is 2.26. The first-order chi connectivity index (χ1) is 14.6. The van der Waals surface area contributed by atoms with E-state index in [0.29, 0.717) is 13.1 Å². The fraction of sp³-hybridized carbons (Fsp3) is 0.400. The molecule has 0 aromatic heterocycles. The lowest BCUT2D eigenvalue weighted by Crippen LogP contribution is -2.43. The number of ether oxygens (including phenoxy) is 1. The van der Waals surface area contributed by atoms with Gasteiger partial charge in [0.25, 0.3) is 0 Å². The van der Waals surface area contributed by atoms with Crippen molar-refractivity contribution in [1.82, 2.24) is 9.80 Å². The van der Waals surface area contributed by atoms with Gasteiger partial charge in [0.1, 0.15) is 11.6 Å². The van der Waals surface area contributed by atoms with Gasteiger partial charge in [0, 0.05) is 13.1 Å². The van der Waals surface area contributed by atoms with E-state index in [4.69, 9.17) is 4.74 Å². The summed E-state index contributed by atoms with van der Waals surface area (Å²) in [5.41, 5.74) is 1.94. The van der Waals surface area contributed by atoms with Crippen LogP contribution in [-0.4, -0.2) is 42.5 Å². The van der Waals surface area contributed by atoms with Gasteiger partial charge in [-0.15, -0.1) is 0 Å². The van der Waals surface area contributed by atoms with Crippen LogP contribution < -0.4 is 4.74 Å². The largest absolute Gasteiger partial charge is 0.497 e. The molecule has 0 bridgehead atoms. The van der Waals surface area contributed by atoms with E-state index in [2.05, 4.69) is 24.0 Å². The predicted octanol–water partition coefficient (Wildman–Crippen LogP) is 4.97. The second-order valence-electron chi connectivity index (χ2n) is 7.74. The fourth-order valence-corrected chi connectivity index (χ4v) is 3.77. The summed E-state index contributed by atoms with van der Waals surface area (Å²) >= 11 is 0. The molecule has 0 unspecified atom stereocenters. The lowest BCUT2D eigenvalue weighted by atomic mass is 10.0. The van der Waals surface area contributed by atoms with Gasteiger partial charge in [-0.1, -0.05) is 56.2 Å². The molecule has 0 fully saturated rings. The van der Waals surface area contributed by atoms with Gasteiger partial charge in [0.05, 0.1) is 19.7 Å². The van der Waals surface area contributed by atoms with Gasteiger partial charge in [0.15, 0.2) is 0 Å². The number of benzene rings is 2. The quantitative estimate of drug-likeness (QED) is 0.455. The van der Waals surface area contributed by atoms with Crippen molar-refractivity contribution in [2.75, 3.05) is 26.7 Å². The molecule has 1 amide bonds. The number of amides is 1. The Balaban J connectivity index is 1.87. The first-order valence-corrected chi connectivity index (χ1v) is 10.7. The van der Waals surface area contributed by atoms with Gasteiger partial charge in [-0.3, -0.25) is 9.69 Å². The SMILES string of the molecule is CCCCCN1C/C=C\[C@H](c2ccc(OC)cc2)N(Cc2ccc(F)cc2)C(=O)C1. The average molecular weight is 411 g/mol. The minimum atomic E-state index is -0.272. The second-order valence-corrected chi connectivity index (χ2v) is 7.74. The maximum Gasteiger partial charge on any atom is 0.237 e. The van der Waals surface area contributed by atoms with E-state index in [0.717, 1.165) is 42.8 Å². The highest BCUT2D eigenvalue weighted by molar-refractivity contribution is 5.79. The number of hydrogen-bond donors (Lipinski definition) is 0. The van der Waals surface area contributed by atoms with E-state index in [9.17, 15) is 9.18 Å². The molecule has 1 aliphatic heterocycles. The molecule has 1 aliphatic rings. The molecule has 0 spiro atoms. The first kappa shape index (κ1) is 22.0. The lowest BCUT2D eigenvalue weighted by molar-refractivity contribution is -0.134. The summed E-state index contributed by atoms with van der Waals surface area (Å²) in [7, 11) is 1.64. The third-order valence-corrected chi connectivity index (χ3v) is 5.50. The summed E-state index contributed by atoms with van der Waals surface area (Å²) in [6, 6.07) is 14.0. The monoisotopic (exact) mass is 410 g/mol. The zero-order valence-corrected chi connectivity index (χ0v) is 17.9. The van der Waals surface area contributed by atoms with Gasteiger partial charge in [-0.2, -0.15) is 0 Å². The molecule has 0 saturated carbocycles. The van der Waals surface area contributed by atoms with Gasteiger partial charge in [-0.25, -0.2) is 4.39 Å². The van der Waals surface area contributed by atoms with Crippen LogP contribution in [0, 0.1) is 5.82 Å². The Bertz CT molecular complexity index is 833. The average Bonchev–Trinajstić information content (AvgIpc) is 2.76. The summed E-state index contributed by atoms with van der Waals surface area (Å²) in [4.78, 5) is 17.4. The van der Waals surface area contributed by atoms with Crippen LogP contribution in [0.5, 0.6) is 5.75 Å². The Morgan fingerprint density at radius 3 is 2.47 bits per heavy atom. The first-order valence-electron chi connectivity index (χ1n) is 10.7. The molecule has 2 aromatic carbocycles. The van der Waals surface area contributed by atoms with Gasteiger partial charge >= 0.3 is 0 Å². The standard InChI is InChI=1S/C25H31FN2O2/c1-3-4-5-16-27-17-6-7-24(21-10-14-23(30-2)15-11-21)28(25(29)19-27)18-20-8-12-22(26)13-9-20/h6-15,24H,3-5,16-19H2,1-2H3/b7-6-/t24-/m1/s1. The molecule has 5 heteroatoms. The van der Waals surface area contributed by atoms with E-state index in [1.54, 1.807) is 19.2 Å². The van der Waals surface area contributed by atoms with E-state index >= 15 is 0 Å². The maximum absolute atomic E-state index is 13.4. The Kier molecular flexibility index (Phi) is 8.03. The molecule has 0 N–H and O–H groups in total. The van der Waals surface area contributed by atoms with Crippen molar-refractivity contribution in [2.24, 2.45) is 0 Å². The number of methoxy groups -OCH3 is 1. The molecule has 0 saturated heterocycles. The van der Waals surface area contributed by atoms with Crippen LogP contribution in [0.15, 0.2) is 60.7 Å². The van der Waals surface area contributed by atoms with Crippen molar-refractivity contribution in [3.63, 3.8) is 0 Å². The number of unbranched alkanes of at least 4 members (excludes halogenated alkanes) is 2. The van der Waals surface area contributed by atoms with Crippen LogP contribution in [0.2, 0.25) is 0 Å². The number of carbonyl (C=O) groups excluding carboxylic acids is 1. The third kappa shape index (κ3) is 5.92. The third-order valence-electron chi connectivity index (χ3n) is 5.50. The summed E-state index contributed by atoms with van der Waals surface area (Å²) in [5.74, 6) is 0.597. The summed E-state index contributed by atoms with van der Waals surface area (Å²) < 4.78 is 18.6. The van der Waals surface area contributed by atoms with Crippen molar-refractivity contribution in [2.45, 2.75) is 38.8 Å². The number of halogens is 1. The van der Waals surface area contributed by atoms with Gasteiger partial charge < -0.3 is 9.64 Å². The minimum Gasteiger partial charge on any atom is -0.497 e. The molecule has 4 nitrogen and oxygen atoms in total. The smallest absolute Gasteiger partial charge is 0.237 e. The highest BCUT2D eigenvalue weighted by Crippen LogP contribution is 2.28. The Labute approximate surface area is 178 Å². The van der Waals surface area contributed by atoms with Crippen molar-refractivity contribution in [1.29, 1.82) is 0 Å². The molecule has 3 rings (SSSR count). The Hall–Kier alpha value is -2.66. The molecule has 1 heterocycles. The van der Waals surface area contributed by atoms with Crippen molar-refractivity contribution in [3.8, 4) is 5.75 Å². The number of hydrogen-bond acceptors (Lipinski definition) is 3. The van der Waals surface area contributed by atoms with E-state index in [-0.39, 0.29) is 17.8 Å². The van der Waals surface area contributed by atoms with Crippen LogP contribution in [-0.2, 0) is 11.3 Å². The van der Waals surface area contributed by atoms with Crippen LogP contribution in [0.4, 0.5) is 4.39 Å². The van der Waals surface area contributed by atoms with Crippen LogP contribution in [0.1, 0.15) is 43.4 Å². The fourth-order valence-electron chi connectivity index (χ4n) is 3.77. The molecule has 0 radical (unpaired) electrons. The van der Waals surface area contributed by atoms with Crippen LogP contribution in [0.3, 0.4) is 0 Å². The van der Waals surface area contributed by atoms with Crippen molar-refractivity contribution in [3.05, 3.63) is 77.6 Å². The summed E-state index contributed by atoms with van der Waals surface area (Å²) in [6.45, 7) is 4.70. The molecule has 0 aliphatic carbocycles. The lowest BCUT2D eigenvalue weighted by Gasteiger charge is -2.34. The molecular formula is C25H31FN2O2. The zero-order chi connectivity index (χ0) is 21.3. The number of carbonyl (C=O) groups is 1. The maximum atomic E-state index is 13.4. The number of rotatable bonds is 8. The molecule has 160 valence electrons. The molecule has 2 aromatic rings. The molecule has 30 heavy (non-hydrogen) atoms. The van der Waals surface area contributed by atoms with E-state index in [1.807, 2.05) is 29.2 Å². The molecular weight excluding hydrogens is 379 g/mol. The zero-order valence-electron chi connectivity index (χ0n) is 17.9. The summed E-state index contributed by atoms with van der Waals surface area (Å²) in [5, 5.41) is 0. The van der Waals surface area contributed by atoms with Gasteiger partial charge in [0.2, 0.25) is 5.91 Å². The van der Waals surface area contributed by atoms with Crippen molar-refractivity contribution < 1.29 is 13.9 Å². The normalized spacial score (nSPS) is 18.7. The van der Waals surface area contributed by atoms with Crippen LogP contribution >= 0.6 is 0 Å². The predicted molar refractivity (Wildman–Crippen MR) is 118 cm³/mol. The Morgan fingerprint density at radius 1 is 1.07 bits per heavy atom. The minimum absolute atomic E-state index is 0.0843. The number of nitrogens with zero attached hydrogens (tertiary/aromatic N) is 2. The topological polar surface area (TPSA) is 32.8 Å². The highest BCUT2D eigenvalue weighted by atomic mass is 19.1. The van der Waals surface area contributed by atoms with Crippen molar-refractivity contribution >= 4 is 5.91 Å². The van der Waals surface area contributed by atoms with Crippen LogP contribution in [0.25, 0.3) is 0 Å². The molecule has 1 atom stereocenters. The van der Waals surface area contributed by atoms with E-state index in [1.165, 1.54) is 18.6 Å². The van der Waals surface area contributed by atoms with E-state index < -0.39 is 0 Å². The Morgan fingerprint density at radius 2 is 1.80 bits per heavy atom.